The SMILES string of the molecule is COc1cc(OCC(=O)Nc2ccc(C(C)=O)cc2)ccc1C#N. The molecular weight excluding hydrogens is 308 g/mol. The molecule has 6 nitrogen and oxygen atoms in total. The van der Waals surface area contributed by atoms with Crippen molar-refractivity contribution in [1.29, 1.82) is 5.26 Å². The minimum atomic E-state index is -0.339. The number of ether oxygens (including phenoxy) is 2. The van der Waals surface area contributed by atoms with E-state index in [1.165, 1.54) is 14.0 Å². The molecule has 122 valence electrons. The van der Waals surface area contributed by atoms with Crippen LogP contribution in [0.5, 0.6) is 11.5 Å². The van der Waals surface area contributed by atoms with Gasteiger partial charge in [0.25, 0.3) is 5.91 Å². The van der Waals surface area contributed by atoms with Gasteiger partial charge < -0.3 is 14.8 Å². The van der Waals surface area contributed by atoms with Gasteiger partial charge in [-0.2, -0.15) is 5.26 Å². The Balaban J connectivity index is 1.93. The number of nitriles is 1. The number of nitrogens with one attached hydrogen (secondary N) is 1. The summed E-state index contributed by atoms with van der Waals surface area (Å²) in [6.07, 6.45) is 0. The van der Waals surface area contributed by atoms with Crippen LogP contribution in [0.25, 0.3) is 0 Å². The fourth-order valence-electron chi connectivity index (χ4n) is 1.99. The molecule has 0 fully saturated rings. The third-order valence-corrected chi connectivity index (χ3v) is 3.24. The lowest BCUT2D eigenvalue weighted by Gasteiger charge is -2.09. The van der Waals surface area contributed by atoms with Gasteiger partial charge in [0.15, 0.2) is 12.4 Å². The number of ketones is 1. The highest BCUT2D eigenvalue weighted by atomic mass is 16.5. The summed E-state index contributed by atoms with van der Waals surface area (Å²) in [5, 5.41) is 11.6. The summed E-state index contributed by atoms with van der Waals surface area (Å²) in [5.74, 6) is 0.433. The maximum Gasteiger partial charge on any atom is 0.262 e. The van der Waals surface area contributed by atoms with Gasteiger partial charge in [0.2, 0.25) is 0 Å². The van der Waals surface area contributed by atoms with Gasteiger partial charge in [-0.25, -0.2) is 0 Å². The molecule has 2 aromatic carbocycles. The molecule has 2 aromatic rings. The number of amides is 1. The van der Waals surface area contributed by atoms with Crippen molar-refractivity contribution in [3.8, 4) is 17.6 Å². The summed E-state index contributed by atoms with van der Waals surface area (Å²) in [6.45, 7) is 1.29. The van der Waals surface area contributed by atoms with E-state index in [2.05, 4.69) is 5.32 Å². The molecule has 0 saturated carbocycles. The number of nitrogens with zero attached hydrogens (tertiary/aromatic N) is 1. The molecule has 0 spiro atoms. The quantitative estimate of drug-likeness (QED) is 0.825. The third kappa shape index (κ3) is 4.34. The molecule has 0 bridgehead atoms. The van der Waals surface area contributed by atoms with Gasteiger partial charge in [-0.05, 0) is 43.3 Å². The number of carbonyl (C=O) groups is 2. The zero-order valence-electron chi connectivity index (χ0n) is 13.3. The summed E-state index contributed by atoms with van der Waals surface area (Å²) in [5.41, 5.74) is 1.54. The van der Waals surface area contributed by atoms with E-state index >= 15 is 0 Å². The molecule has 2 rings (SSSR count). The van der Waals surface area contributed by atoms with E-state index in [1.54, 1.807) is 42.5 Å². The number of hydrogen-bond donors (Lipinski definition) is 1. The summed E-state index contributed by atoms with van der Waals surface area (Å²) in [7, 11) is 1.46. The first-order chi connectivity index (χ1) is 11.5. The van der Waals surface area contributed by atoms with E-state index in [0.717, 1.165) is 0 Å². The Morgan fingerprint density at radius 1 is 1.17 bits per heavy atom. The van der Waals surface area contributed by atoms with Gasteiger partial charge in [0, 0.05) is 17.3 Å². The maximum atomic E-state index is 11.9. The molecule has 1 N–H and O–H groups in total. The predicted octanol–water partition coefficient (Wildman–Crippen LogP) is 2.79. The topological polar surface area (TPSA) is 88.4 Å². The van der Waals surface area contributed by atoms with Crippen LogP contribution in [0.4, 0.5) is 5.69 Å². The monoisotopic (exact) mass is 324 g/mol. The lowest BCUT2D eigenvalue weighted by atomic mass is 10.1. The Hall–Kier alpha value is -3.33. The molecule has 0 heterocycles. The summed E-state index contributed by atoms with van der Waals surface area (Å²) in [4.78, 5) is 23.1. The molecule has 24 heavy (non-hydrogen) atoms. The van der Waals surface area contributed by atoms with E-state index in [9.17, 15) is 9.59 Å². The molecular formula is C18H16N2O4. The van der Waals surface area contributed by atoms with Crippen LogP contribution in [-0.4, -0.2) is 25.4 Å². The van der Waals surface area contributed by atoms with Crippen LogP contribution < -0.4 is 14.8 Å². The van der Waals surface area contributed by atoms with Crippen molar-refractivity contribution < 1.29 is 19.1 Å². The third-order valence-electron chi connectivity index (χ3n) is 3.24. The first kappa shape index (κ1) is 17.0. The second-order valence-electron chi connectivity index (χ2n) is 4.94. The van der Waals surface area contributed by atoms with Crippen molar-refractivity contribution in [1.82, 2.24) is 0 Å². The van der Waals surface area contributed by atoms with Crippen molar-refractivity contribution in [2.24, 2.45) is 0 Å². The molecule has 0 radical (unpaired) electrons. The van der Waals surface area contributed by atoms with Crippen LogP contribution in [0.1, 0.15) is 22.8 Å². The highest BCUT2D eigenvalue weighted by Crippen LogP contribution is 2.23. The van der Waals surface area contributed by atoms with Crippen molar-refractivity contribution in [3.05, 3.63) is 53.6 Å². The van der Waals surface area contributed by atoms with Gasteiger partial charge in [0.1, 0.15) is 17.6 Å². The second kappa shape index (κ2) is 7.79. The molecule has 0 saturated heterocycles. The number of carbonyl (C=O) groups excluding carboxylic acids is 2. The molecule has 0 atom stereocenters. The fraction of sp³-hybridized carbons (Fsp3) is 0.167. The number of methoxy groups -OCH3 is 1. The van der Waals surface area contributed by atoms with Crippen LogP contribution in [-0.2, 0) is 4.79 Å². The zero-order valence-corrected chi connectivity index (χ0v) is 13.3. The number of rotatable bonds is 6. The average molecular weight is 324 g/mol. The lowest BCUT2D eigenvalue weighted by molar-refractivity contribution is -0.118. The Morgan fingerprint density at radius 3 is 2.46 bits per heavy atom. The van der Waals surface area contributed by atoms with E-state index < -0.39 is 0 Å². The Morgan fingerprint density at radius 2 is 1.88 bits per heavy atom. The minimum absolute atomic E-state index is 0.0361. The standard InChI is InChI=1S/C18H16N2O4/c1-12(21)13-3-6-15(7-4-13)20-18(22)11-24-16-8-5-14(10-19)17(9-16)23-2/h3-9H,11H2,1-2H3,(H,20,22). The number of Topliss-reactive ketones (excluding diaryl/α,β-unsaturated/α-hetero) is 1. The lowest BCUT2D eigenvalue weighted by Crippen LogP contribution is -2.20. The van der Waals surface area contributed by atoms with Gasteiger partial charge in [-0.3, -0.25) is 9.59 Å². The summed E-state index contributed by atoms with van der Waals surface area (Å²) < 4.78 is 10.5. The molecule has 0 unspecified atom stereocenters. The zero-order chi connectivity index (χ0) is 17.5. The highest BCUT2D eigenvalue weighted by Gasteiger charge is 2.08. The van der Waals surface area contributed by atoms with E-state index in [1.807, 2.05) is 6.07 Å². The van der Waals surface area contributed by atoms with Crippen LogP contribution in [0.15, 0.2) is 42.5 Å². The summed E-state index contributed by atoms with van der Waals surface area (Å²) >= 11 is 0. The number of benzene rings is 2. The van der Waals surface area contributed by atoms with Crippen LogP contribution in [0.3, 0.4) is 0 Å². The van der Waals surface area contributed by atoms with Crippen LogP contribution in [0, 0.1) is 11.3 Å². The van der Waals surface area contributed by atoms with Crippen LogP contribution >= 0.6 is 0 Å². The first-order valence-electron chi connectivity index (χ1n) is 7.15. The van der Waals surface area contributed by atoms with Gasteiger partial charge in [0.05, 0.1) is 12.7 Å². The maximum absolute atomic E-state index is 11.9. The van der Waals surface area contributed by atoms with Crippen LogP contribution in [0.2, 0.25) is 0 Å². The minimum Gasteiger partial charge on any atom is -0.495 e. The van der Waals surface area contributed by atoms with Crippen molar-refractivity contribution in [3.63, 3.8) is 0 Å². The molecule has 6 heteroatoms. The van der Waals surface area contributed by atoms with E-state index in [4.69, 9.17) is 14.7 Å². The fourth-order valence-corrected chi connectivity index (χ4v) is 1.99. The van der Waals surface area contributed by atoms with E-state index in [0.29, 0.717) is 28.3 Å². The predicted molar refractivity (Wildman–Crippen MR) is 88.3 cm³/mol. The average Bonchev–Trinajstić information content (AvgIpc) is 2.60. The van der Waals surface area contributed by atoms with Crippen molar-refractivity contribution in [2.75, 3.05) is 19.0 Å². The Kier molecular flexibility index (Phi) is 5.53. The molecule has 0 aliphatic rings. The largest absolute Gasteiger partial charge is 0.495 e. The highest BCUT2D eigenvalue weighted by molar-refractivity contribution is 5.95. The first-order valence-corrected chi connectivity index (χ1v) is 7.15. The van der Waals surface area contributed by atoms with Gasteiger partial charge >= 0.3 is 0 Å². The van der Waals surface area contributed by atoms with Crippen molar-refractivity contribution >= 4 is 17.4 Å². The smallest absolute Gasteiger partial charge is 0.262 e. The second-order valence-corrected chi connectivity index (χ2v) is 4.94. The molecule has 1 amide bonds. The molecule has 0 aliphatic carbocycles. The Labute approximate surface area is 139 Å². The Bertz CT molecular complexity index is 792. The number of anilines is 1. The van der Waals surface area contributed by atoms with E-state index in [-0.39, 0.29) is 18.3 Å². The number of hydrogen-bond acceptors (Lipinski definition) is 5. The van der Waals surface area contributed by atoms with Gasteiger partial charge in [-0.15, -0.1) is 0 Å². The van der Waals surface area contributed by atoms with Gasteiger partial charge in [-0.1, -0.05) is 0 Å². The normalized spacial score (nSPS) is 9.71. The summed E-state index contributed by atoms with van der Waals surface area (Å²) in [6, 6.07) is 13.3. The molecule has 0 aromatic heterocycles. The molecule has 0 aliphatic heterocycles. The van der Waals surface area contributed by atoms with Crippen molar-refractivity contribution in [2.45, 2.75) is 6.92 Å².